The van der Waals surface area contributed by atoms with E-state index in [9.17, 15) is 0 Å². The molecule has 3 N–H and O–H groups in total. The minimum Gasteiger partial charge on any atom is -0.388 e. The lowest BCUT2D eigenvalue weighted by Crippen LogP contribution is -2.30. The third-order valence-electron chi connectivity index (χ3n) is 3.55. The van der Waals surface area contributed by atoms with Gasteiger partial charge in [0.2, 0.25) is 0 Å². The van der Waals surface area contributed by atoms with Crippen molar-refractivity contribution in [3.63, 3.8) is 0 Å². The van der Waals surface area contributed by atoms with E-state index >= 15 is 0 Å². The molecule has 118 valence electrons. The molecule has 0 atom stereocenters. The van der Waals surface area contributed by atoms with E-state index in [2.05, 4.69) is 63.8 Å². The van der Waals surface area contributed by atoms with Gasteiger partial charge in [-0.3, -0.25) is 10.3 Å². The van der Waals surface area contributed by atoms with E-state index in [0.29, 0.717) is 12.3 Å². The highest BCUT2D eigenvalue weighted by Gasteiger charge is 2.14. The van der Waals surface area contributed by atoms with Crippen LogP contribution in [0.3, 0.4) is 0 Å². The topological polar surface area (TPSA) is 53.1 Å². The lowest BCUT2D eigenvalue weighted by Gasteiger charge is -2.25. The number of nitrogens with zero attached hydrogens (tertiary/aromatic N) is 1. The second-order valence-corrected chi connectivity index (χ2v) is 7.35. The third-order valence-corrected chi connectivity index (χ3v) is 3.55. The second kappa shape index (κ2) is 7.60. The van der Waals surface area contributed by atoms with Crippen LogP contribution in [0.15, 0.2) is 24.3 Å². The molecule has 0 saturated heterocycles. The van der Waals surface area contributed by atoms with Crippen LogP contribution < -0.4 is 5.73 Å². The minimum absolute atomic E-state index is 0.199. The largest absolute Gasteiger partial charge is 0.388 e. The Bertz CT molecular complexity index is 441. The molecule has 0 fully saturated rings. The van der Waals surface area contributed by atoms with Crippen molar-refractivity contribution >= 4 is 5.84 Å². The second-order valence-electron chi connectivity index (χ2n) is 7.35. The van der Waals surface area contributed by atoms with Crippen LogP contribution in [0.4, 0.5) is 0 Å². The van der Waals surface area contributed by atoms with Gasteiger partial charge in [-0.1, -0.05) is 58.9 Å². The van der Waals surface area contributed by atoms with Crippen LogP contribution in [0, 0.1) is 11.3 Å². The van der Waals surface area contributed by atoms with Crippen molar-refractivity contribution in [1.29, 1.82) is 5.41 Å². The Labute approximate surface area is 130 Å². The molecule has 1 aromatic carbocycles. The summed E-state index contributed by atoms with van der Waals surface area (Å²) in [5.41, 5.74) is 8.38. The third kappa shape index (κ3) is 6.76. The summed E-state index contributed by atoms with van der Waals surface area (Å²) < 4.78 is 0. The van der Waals surface area contributed by atoms with Crippen molar-refractivity contribution in [3.05, 3.63) is 35.4 Å². The molecule has 0 unspecified atom stereocenters. The maximum atomic E-state index is 7.40. The summed E-state index contributed by atoms with van der Waals surface area (Å²) in [4.78, 5) is 2.39. The molecule has 0 radical (unpaired) electrons. The molecule has 1 rings (SSSR count). The van der Waals surface area contributed by atoms with Crippen molar-refractivity contribution in [2.45, 2.75) is 53.0 Å². The highest BCUT2D eigenvalue weighted by molar-refractivity contribution is 5.76. The number of nitrogens with two attached hydrogens (primary N) is 1. The maximum Gasteiger partial charge on any atom is 0.0918 e. The van der Waals surface area contributed by atoms with E-state index in [1.165, 1.54) is 11.1 Å². The van der Waals surface area contributed by atoms with E-state index < -0.39 is 0 Å². The van der Waals surface area contributed by atoms with Gasteiger partial charge in [-0.25, -0.2) is 0 Å². The molecule has 3 heteroatoms. The van der Waals surface area contributed by atoms with Gasteiger partial charge < -0.3 is 5.73 Å². The van der Waals surface area contributed by atoms with Crippen molar-refractivity contribution < 1.29 is 0 Å². The Morgan fingerprint density at radius 2 is 1.76 bits per heavy atom. The Morgan fingerprint density at radius 3 is 2.19 bits per heavy atom. The molecule has 0 aliphatic rings. The van der Waals surface area contributed by atoms with Gasteiger partial charge in [0.05, 0.1) is 5.84 Å². The zero-order valence-electron chi connectivity index (χ0n) is 14.2. The smallest absolute Gasteiger partial charge is 0.0918 e. The molecule has 0 aliphatic heterocycles. The highest BCUT2D eigenvalue weighted by atomic mass is 15.1. The predicted molar refractivity (Wildman–Crippen MR) is 91.8 cm³/mol. The Morgan fingerprint density at radius 1 is 1.19 bits per heavy atom. The lowest BCUT2D eigenvalue weighted by atomic mass is 9.87. The van der Waals surface area contributed by atoms with E-state index in [1.807, 2.05) is 0 Å². The van der Waals surface area contributed by atoms with Crippen molar-refractivity contribution in [2.24, 2.45) is 11.7 Å². The fraction of sp³-hybridized carbons (Fsp3) is 0.611. The minimum atomic E-state index is 0.199. The van der Waals surface area contributed by atoms with Gasteiger partial charge in [0.25, 0.3) is 0 Å². The van der Waals surface area contributed by atoms with Crippen LogP contribution in [0.2, 0.25) is 0 Å². The van der Waals surface area contributed by atoms with Gasteiger partial charge in [-0.05, 0) is 22.5 Å². The summed E-state index contributed by atoms with van der Waals surface area (Å²) in [6, 6.07) is 8.91. The highest BCUT2D eigenvalue weighted by Crippen LogP contribution is 2.22. The first kappa shape index (κ1) is 17.7. The number of rotatable bonds is 7. The Balaban J connectivity index is 2.71. The van der Waals surface area contributed by atoms with Crippen molar-refractivity contribution in [1.82, 2.24) is 4.90 Å². The van der Waals surface area contributed by atoms with Crippen LogP contribution >= 0.6 is 0 Å². The molecular weight excluding hydrogens is 258 g/mol. The van der Waals surface area contributed by atoms with Crippen LogP contribution in [-0.4, -0.2) is 23.8 Å². The first-order valence-corrected chi connectivity index (χ1v) is 7.83. The predicted octanol–water partition coefficient (Wildman–Crippen LogP) is 3.77. The first-order chi connectivity index (χ1) is 9.68. The molecule has 21 heavy (non-hydrogen) atoms. The molecule has 0 aliphatic carbocycles. The maximum absolute atomic E-state index is 7.40. The Hall–Kier alpha value is -1.35. The number of nitrogens with one attached hydrogen (secondary N) is 1. The molecule has 0 bridgehead atoms. The molecule has 0 heterocycles. The van der Waals surface area contributed by atoms with Gasteiger partial charge in [0.15, 0.2) is 0 Å². The van der Waals surface area contributed by atoms with Crippen molar-refractivity contribution in [2.75, 3.05) is 13.1 Å². The van der Waals surface area contributed by atoms with Gasteiger partial charge in [0.1, 0.15) is 0 Å². The molecule has 3 nitrogen and oxygen atoms in total. The van der Waals surface area contributed by atoms with Crippen LogP contribution in [-0.2, 0) is 12.0 Å². The standard InChI is InChI=1S/C18H31N3/c1-14(2)12-21(11-10-17(19)20)13-15-6-8-16(9-7-15)18(3,4)5/h6-9,14H,10-13H2,1-5H3,(H3,19,20). The number of benzene rings is 1. The summed E-state index contributed by atoms with van der Waals surface area (Å²) in [5, 5.41) is 7.40. The van der Waals surface area contributed by atoms with Gasteiger partial charge in [0, 0.05) is 26.1 Å². The first-order valence-electron chi connectivity index (χ1n) is 7.83. The SMILES string of the molecule is CC(C)CN(CCC(=N)N)Cc1ccc(C(C)(C)C)cc1. The van der Waals surface area contributed by atoms with E-state index in [-0.39, 0.29) is 11.3 Å². The fourth-order valence-electron chi connectivity index (χ4n) is 2.40. The van der Waals surface area contributed by atoms with E-state index in [0.717, 1.165) is 19.6 Å². The molecule has 0 aromatic heterocycles. The fourth-order valence-corrected chi connectivity index (χ4v) is 2.40. The summed E-state index contributed by atoms with van der Waals surface area (Å²) in [5.74, 6) is 0.887. The zero-order chi connectivity index (χ0) is 16.0. The molecule has 1 aromatic rings. The summed E-state index contributed by atoms with van der Waals surface area (Å²) in [7, 11) is 0. The zero-order valence-corrected chi connectivity index (χ0v) is 14.2. The van der Waals surface area contributed by atoms with Crippen LogP contribution in [0.25, 0.3) is 0 Å². The average molecular weight is 289 g/mol. The van der Waals surface area contributed by atoms with Crippen LogP contribution in [0.1, 0.15) is 52.2 Å². The molecular formula is C18H31N3. The number of hydrogen-bond acceptors (Lipinski definition) is 2. The summed E-state index contributed by atoms with van der Waals surface area (Å²) in [6.07, 6.45) is 0.646. The number of amidine groups is 1. The summed E-state index contributed by atoms with van der Waals surface area (Å²) in [6.45, 7) is 14.0. The lowest BCUT2D eigenvalue weighted by molar-refractivity contribution is 0.242. The van der Waals surface area contributed by atoms with Crippen molar-refractivity contribution in [3.8, 4) is 0 Å². The van der Waals surface area contributed by atoms with Gasteiger partial charge in [-0.2, -0.15) is 0 Å². The van der Waals surface area contributed by atoms with E-state index in [4.69, 9.17) is 11.1 Å². The normalized spacial score (nSPS) is 12.1. The van der Waals surface area contributed by atoms with E-state index in [1.54, 1.807) is 0 Å². The van der Waals surface area contributed by atoms with Crippen LogP contribution in [0.5, 0.6) is 0 Å². The van der Waals surface area contributed by atoms with Gasteiger partial charge >= 0.3 is 0 Å². The Kier molecular flexibility index (Phi) is 6.41. The summed E-state index contributed by atoms with van der Waals surface area (Å²) >= 11 is 0. The molecule has 0 spiro atoms. The average Bonchev–Trinajstić information content (AvgIpc) is 2.35. The molecule has 0 saturated carbocycles. The molecule has 0 amide bonds. The van der Waals surface area contributed by atoms with Gasteiger partial charge in [-0.15, -0.1) is 0 Å². The quantitative estimate of drug-likeness (QED) is 0.593. The monoisotopic (exact) mass is 289 g/mol. The number of hydrogen-bond donors (Lipinski definition) is 2.